The average molecular weight is 429 g/mol. The van der Waals surface area contributed by atoms with E-state index in [0.717, 1.165) is 56.1 Å². The van der Waals surface area contributed by atoms with Crippen LogP contribution >= 0.6 is 0 Å². The molecule has 31 heavy (non-hydrogen) atoms. The second-order valence-corrected chi connectivity index (χ2v) is 9.01. The number of anilines is 4. The molecule has 10 heteroatoms. The molecule has 0 radical (unpaired) electrons. The molecule has 0 amide bonds. The molecule has 0 spiro atoms. The normalized spacial score (nSPS) is 14.9. The van der Waals surface area contributed by atoms with E-state index < -0.39 is 0 Å². The van der Waals surface area contributed by atoms with Gasteiger partial charge in [0.2, 0.25) is 23.8 Å². The Kier molecular flexibility index (Phi) is 7.07. The highest BCUT2D eigenvalue weighted by Gasteiger charge is 2.22. The van der Waals surface area contributed by atoms with Gasteiger partial charge in [-0.15, -0.1) is 0 Å². The Balaban J connectivity index is 1.84. The van der Waals surface area contributed by atoms with E-state index in [1.807, 2.05) is 38.0 Å². The predicted molar refractivity (Wildman–Crippen MR) is 126 cm³/mol. The lowest BCUT2D eigenvalue weighted by Crippen LogP contribution is -2.33. The average Bonchev–Trinajstić information content (AvgIpc) is 2.99. The summed E-state index contributed by atoms with van der Waals surface area (Å²) in [6.45, 7) is 11.8. The maximum atomic E-state index is 4.76. The van der Waals surface area contributed by atoms with Crippen LogP contribution in [0.4, 0.5) is 23.8 Å². The molecular formula is C21H36N10. The van der Waals surface area contributed by atoms with Crippen molar-refractivity contribution in [3.8, 4) is 0 Å². The van der Waals surface area contributed by atoms with Crippen molar-refractivity contribution in [3.63, 3.8) is 0 Å². The third-order valence-electron chi connectivity index (χ3n) is 5.15. The fraction of sp³-hybridized carbons (Fsp3) is 0.714. The van der Waals surface area contributed by atoms with Crippen molar-refractivity contribution in [3.05, 3.63) is 11.6 Å². The fourth-order valence-corrected chi connectivity index (χ4v) is 3.26. The lowest BCUT2D eigenvalue weighted by atomic mass is 10.2. The fourth-order valence-electron chi connectivity index (χ4n) is 3.26. The molecule has 10 nitrogen and oxygen atoms in total. The smallest absolute Gasteiger partial charge is 0.230 e. The van der Waals surface area contributed by atoms with Crippen molar-refractivity contribution in [1.82, 2.24) is 29.9 Å². The van der Waals surface area contributed by atoms with Crippen molar-refractivity contribution >= 4 is 23.8 Å². The number of hydrogen-bond donors (Lipinski definition) is 0. The van der Waals surface area contributed by atoms with E-state index in [1.54, 1.807) is 0 Å². The summed E-state index contributed by atoms with van der Waals surface area (Å²) in [5, 5.41) is 0. The van der Waals surface area contributed by atoms with Crippen LogP contribution in [0.5, 0.6) is 0 Å². The first-order valence-corrected chi connectivity index (χ1v) is 11.0. The molecule has 1 fully saturated rings. The highest BCUT2D eigenvalue weighted by molar-refractivity contribution is 5.42. The Morgan fingerprint density at radius 2 is 0.968 bits per heavy atom. The zero-order chi connectivity index (χ0) is 22.7. The standard InChI is InChI=1S/C21H36N10/c1-14(2)16-22-18(28(5)6)26-20(24-16)30-10-9-11-31(13-12-30)21-25-17(15(3)4)23-19(27-21)29(7)8/h14-15H,9-13H2,1-8H3. The highest BCUT2D eigenvalue weighted by atomic mass is 15.4. The zero-order valence-corrected chi connectivity index (χ0v) is 20.2. The molecule has 1 saturated heterocycles. The quantitative estimate of drug-likeness (QED) is 0.681. The predicted octanol–water partition coefficient (Wildman–Crippen LogP) is 2.15. The number of rotatable bonds is 6. The van der Waals surface area contributed by atoms with E-state index in [9.17, 15) is 0 Å². The molecule has 2 aromatic heterocycles. The Morgan fingerprint density at radius 1 is 0.581 bits per heavy atom. The molecule has 3 heterocycles. The van der Waals surface area contributed by atoms with Gasteiger partial charge in [-0.2, -0.15) is 29.9 Å². The zero-order valence-electron chi connectivity index (χ0n) is 20.2. The summed E-state index contributed by atoms with van der Waals surface area (Å²) in [4.78, 5) is 36.5. The molecule has 0 atom stereocenters. The van der Waals surface area contributed by atoms with Gasteiger partial charge < -0.3 is 19.6 Å². The molecule has 170 valence electrons. The number of hydrogen-bond acceptors (Lipinski definition) is 10. The molecule has 0 N–H and O–H groups in total. The summed E-state index contributed by atoms with van der Waals surface area (Å²) in [5.41, 5.74) is 0. The van der Waals surface area contributed by atoms with Crippen LogP contribution in [-0.4, -0.2) is 84.3 Å². The van der Waals surface area contributed by atoms with E-state index in [2.05, 4.69) is 47.5 Å². The van der Waals surface area contributed by atoms with Gasteiger partial charge in [-0.1, -0.05) is 27.7 Å². The Bertz CT molecular complexity index is 756. The summed E-state index contributed by atoms with van der Waals surface area (Å²) in [7, 11) is 7.84. The molecule has 1 aliphatic rings. The third kappa shape index (κ3) is 5.48. The van der Waals surface area contributed by atoms with Crippen molar-refractivity contribution in [1.29, 1.82) is 0 Å². The van der Waals surface area contributed by atoms with Gasteiger partial charge in [0.1, 0.15) is 11.6 Å². The largest absolute Gasteiger partial charge is 0.347 e. The molecular weight excluding hydrogens is 392 g/mol. The lowest BCUT2D eigenvalue weighted by molar-refractivity contribution is 0.717. The summed E-state index contributed by atoms with van der Waals surface area (Å²) in [6.07, 6.45) is 0.972. The molecule has 0 aromatic carbocycles. The van der Waals surface area contributed by atoms with E-state index in [4.69, 9.17) is 19.9 Å². The Labute approximate surface area is 185 Å². The van der Waals surface area contributed by atoms with Crippen molar-refractivity contribution in [2.24, 2.45) is 0 Å². The van der Waals surface area contributed by atoms with Gasteiger partial charge in [-0.25, -0.2) is 0 Å². The minimum Gasteiger partial charge on any atom is -0.347 e. The van der Waals surface area contributed by atoms with Crippen LogP contribution < -0.4 is 19.6 Å². The van der Waals surface area contributed by atoms with Crippen molar-refractivity contribution < 1.29 is 0 Å². The van der Waals surface area contributed by atoms with Crippen LogP contribution in [0.1, 0.15) is 57.6 Å². The van der Waals surface area contributed by atoms with E-state index in [0.29, 0.717) is 11.9 Å². The van der Waals surface area contributed by atoms with Crippen LogP contribution in [-0.2, 0) is 0 Å². The summed E-state index contributed by atoms with van der Waals surface area (Å²) in [5.74, 6) is 5.03. The van der Waals surface area contributed by atoms with Gasteiger partial charge in [-0.05, 0) is 6.42 Å². The first-order chi connectivity index (χ1) is 14.7. The third-order valence-corrected chi connectivity index (χ3v) is 5.15. The minimum absolute atomic E-state index is 0.244. The first-order valence-electron chi connectivity index (χ1n) is 11.0. The molecule has 0 bridgehead atoms. The van der Waals surface area contributed by atoms with Crippen LogP contribution in [0.15, 0.2) is 0 Å². The van der Waals surface area contributed by atoms with Gasteiger partial charge in [0.05, 0.1) is 0 Å². The second kappa shape index (κ2) is 9.57. The molecule has 2 aromatic rings. The van der Waals surface area contributed by atoms with Gasteiger partial charge in [-0.3, -0.25) is 0 Å². The minimum atomic E-state index is 0.244. The summed E-state index contributed by atoms with van der Waals surface area (Å²) < 4.78 is 0. The SMILES string of the molecule is CC(C)c1nc(N(C)C)nc(N2CCCN(c3nc(C(C)C)nc(N(C)C)n3)CC2)n1. The molecule has 3 rings (SSSR count). The second-order valence-electron chi connectivity index (χ2n) is 9.01. The lowest BCUT2D eigenvalue weighted by Gasteiger charge is -2.24. The Hall–Kier alpha value is -2.78. The van der Waals surface area contributed by atoms with Gasteiger partial charge in [0, 0.05) is 66.2 Å². The monoisotopic (exact) mass is 428 g/mol. The topological polar surface area (TPSA) is 90.3 Å². The van der Waals surface area contributed by atoms with Gasteiger partial charge in [0.25, 0.3) is 0 Å². The van der Waals surface area contributed by atoms with Crippen LogP contribution in [0.3, 0.4) is 0 Å². The Morgan fingerprint density at radius 3 is 1.29 bits per heavy atom. The van der Waals surface area contributed by atoms with Crippen LogP contribution in [0.2, 0.25) is 0 Å². The van der Waals surface area contributed by atoms with Gasteiger partial charge >= 0.3 is 0 Å². The van der Waals surface area contributed by atoms with E-state index in [-0.39, 0.29) is 11.8 Å². The number of nitrogens with zero attached hydrogens (tertiary/aromatic N) is 10. The summed E-state index contributed by atoms with van der Waals surface area (Å²) in [6, 6.07) is 0. The molecule has 0 aliphatic carbocycles. The molecule has 0 saturated carbocycles. The van der Waals surface area contributed by atoms with Crippen LogP contribution in [0, 0.1) is 0 Å². The van der Waals surface area contributed by atoms with Crippen LogP contribution in [0.25, 0.3) is 0 Å². The van der Waals surface area contributed by atoms with Crippen molar-refractivity contribution in [2.75, 3.05) is 74.0 Å². The van der Waals surface area contributed by atoms with E-state index in [1.165, 1.54) is 0 Å². The van der Waals surface area contributed by atoms with E-state index >= 15 is 0 Å². The molecule has 1 aliphatic heterocycles. The van der Waals surface area contributed by atoms with Gasteiger partial charge in [0.15, 0.2) is 0 Å². The highest BCUT2D eigenvalue weighted by Crippen LogP contribution is 2.22. The van der Waals surface area contributed by atoms with Crippen molar-refractivity contribution in [2.45, 2.75) is 46.0 Å². The maximum absolute atomic E-state index is 4.76. The maximum Gasteiger partial charge on any atom is 0.230 e. The first kappa shape index (κ1) is 22.9. The number of aromatic nitrogens is 6. The molecule has 0 unspecified atom stereocenters. The summed E-state index contributed by atoms with van der Waals surface area (Å²) >= 11 is 0.